The van der Waals surface area contributed by atoms with Crippen LogP contribution in [0, 0.1) is 0 Å². The summed E-state index contributed by atoms with van der Waals surface area (Å²) >= 11 is 0. The summed E-state index contributed by atoms with van der Waals surface area (Å²) in [4.78, 5) is 27.8. The van der Waals surface area contributed by atoms with Gasteiger partial charge in [-0.15, -0.1) is 0 Å². The highest BCUT2D eigenvalue weighted by molar-refractivity contribution is 5.96. The second kappa shape index (κ2) is 10.0. The maximum atomic E-state index is 13.1. The lowest BCUT2D eigenvalue weighted by atomic mass is 9.77. The zero-order chi connectivity index (χ0) is 22.7. The Hall–Kier alpha value is -2.42. The van der Waals surface area contributed by atoms with Crippen molar-refractivity contribution in [1.29, 1.82) is 0 Å². The predicted octanol–water partition coefficient (Wildman–Crippen LogP) is 1.12. The topological polar surface area (TPSA) is 108 Å². The van der Waals surface area contributed by atoms with Gasteiger partial charge in [0.05, 0.1) is 24.7 Å². The van der Waals surface area contributed by atoms with Gasteiger partial charge >= 0.3 is 0 Å². The first kappa shape index (κ1) is 22.8. The highest BCUT2D eigenvalue weighted by Gasteiger charge is 2.50. The number of amides is 2. The molecule has 0 unspecified atom stereocenters. The van der Waals surface area contributed by atoms with E-state index in [2.05, 4.69) is 5.32 Å². The Balaban J connectivity index is 1.71. The Bertz CT molecular complexity index is 866. The van der Waals surface area contributed by atoms with E-state index in [1.807, 2.05) is 31.2 Å². The molecule has 1 fully saturated rings. The molecule has 3 N–H and O–H groups in total. The van der Waals surface area contributed by atoms with Crippen molar-refractivity contribution in [1.82, 2.24) is 10.2 Å². The summed E-state index contributed by atoms with van der Waals surface area (Å²) in [5.41, 5.74) is 1.29. The van der Waals surface area contributed by atoms with E-state index in [0.29, 0.717) is 37.3 Å². The van der Waals surface area contributed by atoms with E-state index in [1.54, 1.807) is 11.0 Å². The van der Waals surface area contributed by atoms with Gasteiger partial charge in [-0.05, 0) is 31.4 Å². The number of hydrogen-bond acceptors (Lipinski definition) is 6. The van der Waals surface area contributed by atoms with Crippen molar-refractivity contribution in [3.8, 4) is 5.75 Å². The summed E-state index contributed by atoms with van der Waals surface area (Å²) in [6.07, 6.45) is 2.80. The Kier molecular flexibility index (Phi) is 7.13. The summed E-state index contributed by atoms with van der Waals surface area (Å²) in [5.74, 6) is -0.214. The van der Waals surface area contributed by atoms with Crippen LogP contribution in [0.1, 0.15) is 44.1 Å². The lowest BCUT2D eigenvalue weighted by Crippen LogP contribution is -2.57. The van der Waals surface area contributed by atoms with Gasteiger partial charge in [-0.2, -0.15) is 0 Å². The van der Waals surface area contributed by atoms with Crippen LogP contribution in [-0.2, 0) is 14.3 Å². The second-order valence-corrected chi connectivity index (χ2v) is 8.61. The Morgan fingerprint density at radius 1 is 1.28 bits per heavy atom. The average molecular weight is 445 g/mol. The summed E-state index contributed by atoms with van der Waals surface area (Å²) in [7, 11) is 0. The van der Waals surface area contributed by atoms with Crippen molar-refractivity contribution in [3.05, 3.63) is 41.5 Å². The van der Waals surface area contributed by atoms with Crippen LogP contribution < -0.4 is 10.1 Å². The van der Waals surface area contributed by atoms with E-state index in [-0.39, 0.29) is 31.1 Å². The minimum atomic E-state index is -0.996. The molecule has 5 atom stereocenters. The first-order valence-electron chi connectivity index (χ1n) is 11.5. The first-order chi connectivity index (χ1) is 15.5. The third-order valence-corrected chi connectivity index (χ3v) is 6.45. The highest BCUT2D eigenvalue weighted by Crippen LogP contribution is 2.47. The monoisotopic (exact) mass is 444 g/mol. The molecule has 0 bridgehead atoms. The number of fused-ring (bicyclic) bond motifs is 3. The third kappa shape index (κ3) is 4.40. The molecule has 1 aliphatic carbocycles. The fourth-order valence-corrected chi connectivity index (χ4v) is 4.95. The molecule has 0 radical (unpaired) electrons. The highest BCUT2D eigenvalue weighted by atomic mass is 16.5. The molecule has 1 aromatic rings. The summed E-state index contributed by atoms with van der Waals surface area (Å²) < 4.78 is 11.9. The first-order valence-corrected chi connectivity index (χ1v) is 11.5. The van der Waals surface area contributed by atoms with Gasteiger partial charge < -0.3 is 29.9 Å². The third-order valence-electron chi connectivity index (χ3n) is 6.45. The van der Waals surface area contributed by atoms with Gasteiger partial charge in [-0.3, -0.25) is 9.59 Å². The number of nitrogens with zero attached hydrogens (tertiary/aromatic N) is 1. The molecule has 1 aromatic carbocycles. The minimum Gasteiger partial charge on any atom is -0.486 e. The molecule has 3 aliphatic rings. The van der Waals surface area contributed by atoms with Crippen molar-refractivity contribution >= 4 is 11.8 Å². The van der Waals surface area contributed by atoms with Gasteiger partial charge in [0, 0.05) is 37.3 Å². The summed E-state index contributed by atoms with van der Waals surface area (Å²) in [6, 6.07) is 6.74. The zero-order valence-electron chi connectivity index (χ0n) is 18.4. The van der Waals surface area contributed by atoms with Crippen LogP contribution in [0.4, 0.5) is 0 Å². The number of benzene rings is 1. The van der Waals surface area contributed by atoms with Crippen molar-refractivity contribution < 1.29 is 29.3 Å². The molecule has 2 aliphatic heterocycles. The number of aliphatic hydroxyl groups excluding tert-OH is 2. The number of carbonyl (C=O) groups is 2. The molecule has 0 saturated carbocycles. The molecule has 32 heavy (non-hydrogen) atoms. The van der Waals surface area contributed by atoms with Gasteiger partial charge in [0.1, 0.15) is 18.0 Å². The molecular formula is C24H32N2O6. The number of carbonyl (C=O) groups excluding carboxylic acids is 2. The van der Waals surface area contributed by atoms with Crippen LogP contribution in [0.2, 0.25) is 0 Å². The quantitative estimate of drug-likeness (QED) is 0.555. The van der Waals surface area contributed by atoms with Crippen molar-refractivity contribution in [3.63, 3.8) is 0 Å². The molecule has 0 aromatic heterocycles. The maximum absolute atomic E-state index is 13.1. The van der Waals surface area contributed by atoms with E-state index in [1.165, 1.54) is 0 Å². The molecular weight excluding hydrogens is 412 g/mol. The molecule has 8 heteroatoms. The van der Waals surface area contributed by atoms with Crippen LogP contribution >= 0.6 is 0 Å². The van der Waals surface area contributed by atoms with Crippen LogP contribution in [0.15, 0.2) is 35.9 Å². The number of ether oxygens (including phenoxy) is 2. The van der Waals surface area contributed by atoms with E-state index in [4.69, 9.17) is 14.6 Å². The largest absolute Gasteiger partial charge is 0.486 e. The van der Waals surface area contributed by atoms with Crippen LogP contribution in [0.5, 0.6) is 5.75 Å². The van der Waals surface area contributed by atoms with Crippen LogP contribution in [-0.4, -0.2) is 77.6 Å². The molecule has 1 saturated heterocycles. The van der Waals surface area contributed by atoms with Crippen molar-refractivity contribution in [2.75, 3.05) is 26.3 Å². The van der Waals surface area contributed by atoms with Crippen molar-refractivity contribution in [2.24, 2.45) is 0 Å². The second-order valence-electron chi connectivity index (χ2n) is 8.61. The van der Waals surface area contributed by atoms with E-state index >= 15 is 0 Å². The predicted molar refractivity (Wildman–Crippen MR) is 117 cm³/mol. The average Bonchev–Trinajstić information content (AvgIpc) is 3.45. The molecule has 4 rings (SSSR count). The lowest BCUT2D eigenvalue weighted by Gasteiger charge is -2.41. The minimum absolute atomic E-state index is 0.0765. The van der Waals surface area contributed by atoms with E-state index in [9.17, 15) is 14.7 Å². The number of nitrogens with one attached hydrogen (secondary N) is 1. The van der Waals surface area contributed by atoms with Crippen LogP contribution in [0.3, 0.4) is 0 Å². The van der Waals surface area contributed by atoms with Gasteiger partial charge in [-0.1, -0.05) is 25.1 Å². The number of para-hydroxylation sites is 1. The molecule has 174 valence electrons. The SMILES string of the molecule is CCCC(=O)N(C[C@@H]1CCCO1)[C@@H]1C=C(C(=O)NCCO)[C@@H]2c3ccccc3O[C@@H]2[C@H]1O. The normalized spacial score (nSPS) is 28.3. The van der Waals surface area contributed by atoms with Crippen LogP contribution in [0.25, 0.3) is 0 Å². The molecule has 8 nitrogen and oxygen atoms in total. The maximum Gasteiger partial charge on any atom is 0.247 e. The molecule has 2 amide bonds. The zero-order valence-corrected chi connectivity index (χ0v) is 18.4. The van der Waals surface area contributed by atoms with Crippen molar-refractivity contribution in [2.45, 2.75) is 62.9 Å². The van der Waals surface area contributed by atoms with Gasteiger partial charge in [0.15, 0.2) is 0 Å². The summed E-state index contributed by atoms with van der Waals surface area (Å²) in [6.45, 7) is 2.92. The Morgan fingerprint density at radius 2 is 2.09 bits per heavy atom. The fourth-order valence-electron chi connectivity index (χ4n) is 4.95. The number of rotatable bonds is 8. The number of hydrogen-bond donors (Lipinski definition) is 3. The van der Waals surface area contributed by atoms with Gasteiger partial charge in [0.2, 0.25) is 11.8 Å². The van der Waals surface area contributed by atoms with E-state index < -0.39 is 24.2 Å². The number of aliphatic hydroxyl groups is 2. The smallest absolute Gasteiger partial charge is 0.247 e. The Labute approximate surface area is 188 Å². The lowest BCUT2D eigenvalue weighted by molar-refractivity contribution is -0.139. The summed E-state index contributed by atoms with van der Waals surface area (Å²) in [5, 5.41) is 23.3. The van der Waals surface area contributed by atoms with E-state index in [0.717, 1.165) is 18.4 Å². The molecule has 2 heterocycles. The standard InChI is InChI=1S/C24H32N2O6/c1-2-6-20(28)26(14-15-7-5-12-31-15)18-13-17(24(30)25-10-11-27)21-16-8-3-4-9-19(16)32-23(21)22(18)29/h3-4,8-9,13,15,18,21-23,27,29H,2,5-7,10-12,14H2,1H3,(H,25,30)/t15-,18+,21-,22-,23-/m0/s1. The van der Waals surface area contributed by atoms with Gasteiger partial charge in [-0.25, -0.2) is 0 Å². The molecule has 0 spiro atoms. The van der Waals surface area contributed by atoms with Gasteiger partial charge in [0.25, 0.3) is 0 Å². The Morgan fingerprint density at radius 3 is 2.81 bits per heavy atom. The fraction of sp³-hybridized carbons (Fsp3) is 0.583.